The van der Waals surface area contributed by atoms with E-state index < -0.39 is 34.8 Å². The number of rotatable bonds is 5. The van der Waals surface area contributed by atoms with Gasteiger partial charge in [-0.1, -0.05) is 18.2 Å². The fourth-order valence-electron chi connectivity index (χ4n) is 1.93. The standard InChI is InChI=1S/C18H28N4O4/c1-16(2,3)25-13(23)18(22-15(19)20,14(24)26-17(4,5)6)21-12-10-8-7-9-11-12/h7-11,21H,1-6H3,(H4,19,20,22). The SMILES string of the molecule is CC(C)(C)OC(=O)C(N=C(N)N)(Nc1ccccc1)C(=O)OC(C)(C)C. The van der Waals surface area contributed by atoms with Crippen molar-refractivity contribution >= 4 is 23.6 Å². The molecule has 0 aliphatic rings. The average molecular weight is 364 g/mol. The number of guanidine groups is 1. The van der Waals surface area contributed by atoms with E-state index in [2.05, 4.69) is 10.3 Å². The van der Waals surface area contributed by atoms with E-state index in [1.807, 2.05) is 0 Å². The number of nitrogens with one attached hydrogen (secondary N) is 1. The van der Waals surface area contributed by atoms with E-state index in [0.29, 0.717) is 5.69 Å². The lowest BCUT2D eigenvalue weighted by atomic mass is 10.1. The van der Waals surface area contributed by atoms with Gasteiger partial charge in [-0.05, 0) is 53.7 Å². The van der Waals surface area contributed by atoms with Crippen molar-refractivity contribution in [1.29, 1.82) is 0 Å². The molecule has 0 unspecified atom stereocenters. The summed E-state index contributed by atoms with van der Waals surface area (Å²) in [5, 5.41) is 2.77. The number of anilines is 1. The lowest BCUT2D eigenvalue weighted by Crippen LogP contribution is -2.57. The van der Waals surface area contributed by atoms with Crippen LogP contribution in [0.15, 0.2) is 35.3 Å². The first-order chi connectivity index (χ1) is 11.8. The van der Waals surface area contributed by atoms with Crippen LogP contribution in [0.4, 0.5) is 5.69 Å². The topological polar surface area (TPSA) is 129 Å². The number of hydrogen-bond donors (Lipinski definition) is 3. The van der Waals surface area contributed by atoms with Crippen LogP contribution in [-0.2, 0) is 19.1 Å². The molecule has 0 aliphatic carbocycles. The van der Waals surface area contributed by atoms with Crippen LogP contribution in [0, 0.1) is 0 Å². The zero-order valence-electron chi connectivity index (χ0n) is 16.1. The molecule has 0 amide bonds. The van der Waals surface area contributed by atoms with Gasteiger partial charge >= 0.3 is 17.6 Å². The van der Waals surface area contributed by atoms with Crippen LogP contribution in [-0.4, -0.2) is 34.8 Å². The van der Waals surface area contributed by atoms with Gasteiger partial charge in [0.15, 0.2) is 5.96 Å². The number of benzene rings is 1. The smallest absolute Gasteiger partial charge is 0.367 e. The van der Waals surface area contributed by atoms with Gasteiger partial charge in [0.2, 0.25) is 0 Å². The fourth-order valence-corrected chi connectivity index (χ4v) is 1.93. The Morgan fingerprint density at radius 2 is 1.31 bits per heavy atom. The minimum absolute atomic E-state index is 0.439. The van der Waals surface area contributed by atoms with E-state index in [4.69, 9.17) is 20.9 Å². The summed E-state index contributed by atoms with van der Waals surface area (Å²) in [6, 6.07) is 8.56. The Bertz CT molecular complexity index is 641. The summed E-state index contributed by atoms with van der Waals surface area (Å²) in [5.41, 5.74) is 7.43. The van der Waals surface area contributed by atoms with Crippen LogP contribution >= 0.6 is 0 Å². The molecule has 0 saturated heterocycles. The van der Waals surface area contributed by atoms with Gasteiger partial charge in [0.1, 0.15) is 11.2 Å². The van der Waals surface area contributed by atoms with Crippen molar-refractivity contribution in [1.82, 2.24) is 0 Å². The third-order valence-corrected chi connectivity index (χ3v) is 2.78. The number of aliphatic imine (C=N–C) groups is 1. The minimum Gasteiger partial charge on any atom is -0.456 e. The van der Waals surface area contributed by atoms with Gasteiger partial charge in [0, 0.05) is 5.69 Å². The monoisotopic (exact) mass is 364 g/mol. The highest BCUT2D eigenvalue weighted by Crippen LogP contribution is 2.25. The number of ether oxygens (including phenoxy) is 2. The van der Waals surface area contributed by atoms with Crippen LogP contribution in [0.3, 0.4) is 0 Å². The molecule has 0 bridgehead atoms. The second-order valence-electron chi connectivity index (χ2n) is 7.74. The van der Waals surface area contributed by atoms with Crippen molar-refractivity contribution < 1.29 is 19.1 Å². The summed E-state index contributed by atoms with van der Waals surface area (Å²) < 4.78 is 10.8. The third kappa shape index (κ3) is 6.27. The van der Waals surface area contributed by atoms with Crippen molar-refractivity contribution in [3.63, 3.8) is 0 Å². The van der Waals surface area contributed by atoms with E-state index in [9.17, 15) is 9.59 Å². The lowest BCUT2D eigenvalue weighted by molar-refractivity contribution is -0.174. The van der Waals surface area contributed by atoms with Crippen LogP contribution in [0.5, 0.6) is 0 Å². The molecule has 8 heteroatoms. The Hall–Kier alpha value is -2.77. The number of carbonyl (C=O) groups excluding carboxylic acids is 2. The van der Waals surface area contributed by atoms with Crippen LogP contribution in [0.25, 0.3) is 0 Å². The number of hydrogen-bond acceptors (Lipinski definition) is 6. The molecule has 8 nitrogen and oxygen atoms in total. The predicted octanol–water partition coefficient (Wildman–Crippen LogP) is 1.75. The Morgan fingerprint density at radius 3 is 1.65 bits per heavy atom. The molecule has 0 saturated carbocycles. The summed E-state index contributed by atoms with van der Waals surface area (Å²) in [7, 11) is 0. The normalized spacial score (nSPS) is 12.1. The predicted molar refractivity (Wildman–Crippen MR) is 100 cm³/mol. The Labute approximate surface area is 153 Å². The van der Waals surface area contributed by atoms with Crippen LogP contribution < -0.4 is 16.8 Å². The van der Waals surface area contributed by atoms with E-state index in [1.54, 1.807) is 71.9 Å². The van der Waals surface area contributed by atoms with Gasteiger partial charge in [0.05, 0.1) is 0 Å². The summed E-state index contributed by atoms with van der Waals surface area (Å²) >= 11 is 0. The maximum absolute atomic E-state index is 12.9. The highest BCUT2D eigenvalue weighted by atomic mass is 16.6. The molecule has 0 fully saturated rings. The van der Waals surface area contributed by atoms with Gasteiger partial charge in [-0.3, -0.25) is 0 Å². The largest absolute Gasteiger partial charge is 0.456 e. The highest BCUT2D eigenvalue weighted by molar-refractivity contribution is 6.09. The number of para-hydroxylation sites is 1. The van der Waals surface area contributed by atoms with Gasteiger partial charge in [-0.15, -0.1) is 0 Å². The molecule has 0 atom stereocenters. The Morgan fingerprint density at radius 1 is 0.885 bits per heavy atom. The van der Waals surface area contributed by atoms with Crippen molar-refractivity contribution in [2.24, 2.45) is 16.5 Å². The molecular formula is C18H28N4O4. The molecule has 0 heterocycles. The molecule has 0 radical (unpaired) electrons. The number of nitrogens with two attached hydrogens (primary N) is 2. The first-order valence-electron chi connectivity index (χ1n) is 8.16. The Kier molecular flexibility index (Phi) is 6.25. The lowest BCUT2D eigenvalue weighted by Gasteiger charge is -2.33. The fraction of sp³-hybridized carbons (Fsp3) is 0.500. The van der Waals surface area contributed by atoms with E-state index in [-0.39, 0.29) is 0 Å². The maximum atomic E-state index is 12.9. The second-order valence-corrected chi connectivity index (χ2v) is 7.74. The molecule has 26 heavy (non-hydrogen) atoms. The summed E-state index contributed by atoms with van der Waals surface area (Å²) in [6.07, 6.45) is 0. The van der Waals surface area contributed by atoms with E-state index in [1.165, 1.54) is 0 Å². The van der Waals surface area contributed by atoms with Crippen molar-refractivity contribution in [2.45, 2.75) is 58.4 Å². The number of nitrogens with zero attached hydrogens (tertiary/aromatic N) is 1. The van der Waals surface area contributed by atoms with Crippen molar-refractivity contribution in [2.75, 3.05) is 5.32 Å². The molecule has 0 spiro atoms. The molecule has 0 aromatic heterocycles. The van der Waals surface area contributed by atoms with E-state index >= 15 is 0 Å². The first-order valence-corrected chi connectivity index (χ1v) is 8.16. The molecule has 1 aromatic rings. The van der Waals surface area contributed by atoms with Gasteiger partial charge < -0.3 is 26.3 Å². The molecule has 5 N–H and O–H groups in total. The summed E-state index contributed by atoms with van der Waals surface area (Å²) in [4.78, 5) is 29.8. The van der Waals surface area contributed by atoms with Crippen LogP contribution in [0.1, 0.15) is 41.5 Å². The van der Waals surface area contributed by atoms with Gasteiger partial charge in [-0.25, -0.2) is 14.6 Å². The number of carbonyl (C=O) groups is 2. The van der Waals surface area contributed by atoms with E-state index in [0.717, 1.165) is 0 Å². The molecule has 1 rings (SSSR count). The average Bonchev–Trinajstić information content (AvgIpc) is 2.43. The van der Waals surface area contributed by atoms with Crippen molar-refractivity contribution in [3.05, 3.63) is 30.3 Å². The maximum Gasteiger partial charge on any atom is 0.367 e. The third-order valence-electron chi connectivity index (χ3n) is 2.78. The molecule has 144 valence electrons. The van der Waals surface area contributed by atoms with Crippen molar-refractivity contribution in [3.8, 4) is 0 Å². The van der Waals surface area contributed by atoms with Gasteiger partial charge in [-0.2, -0.15) is 0 Å². The molecule has 1 aromatic carbocycles. The Balaban J connectivity index is 3.49. The highest BCUT2D eigenvalue weighted by Gasteiger charge is 2.52. The summed E-state index contributed by atoms with van der Waals surface area (Å²) in [6.45, 7) is 10.0. The number of esters is 2. The zero-order valence-corrected chi connectivity index (χ0v) is 16.1. The molecular weight excluding hydrogens is 336 g/mol. The van der Waals surface area contributed by atoms with Gasteiger partial charge in [0.25, 0.3) is 0 Å². The quantitative estimate of drug-likeness (QED) is 0.314. The van der Waals surface area contributed by atoms with Crippen LogP contribution in [0.2, 0.25) is 0 Å². The first kappa shape index (κ1) is 21.3. The zero-order chi connectivity index (χ0) is 20.2. The summed E-state index contributed by atoms with van der Waals surface area (Å²) in [5.74, 6) is -2.42. The second kappa shape index (κ2) is 7.63. The minimum atomic E-state index is -2.28. The molecule has 0 aliphatic heterocycles.